The van der Waals surface area contributed by atoms with Crippen molar-refractivity contribution in [3.63, 3.8) is 0 Å². The van der Waals surface area contributed by atoms with Gasteiger partial charge in [0.25, 0.3) is 5.91 Å². The molecule has 8 heteroatoms. The Morgan fingerprint density at radius 2 is 1.47 bits per heavy atom. The lowest BCUT2D eigenvalue weighted by Crippen LogP contribution is -2.34. The molecule has 0 radical (unpaired) electrons. The van der Waals surface area contributed by atoms with E-state index in [9.17, 15) is 14.4 Å². The highest BCUT2D eigenvalue weighted by Crippen LogP contribution is 2.47. The fourth-order valence-corrected chi connectivity index (χ4v) is 5.77. The summed E-state index contributed by atoms with van der Waals surface area (Å²) in [6.45, 7) is -0.401. The summed E-state index contributed by atoms with van der Waals surface area (Å²) in [7, 11) is 0. The molecule has 3 aromatic rings. The summed E-state index contributed by atoms with van der Waals surface area (Å²) in [6, 6.07) is 22.7. The molecular formula is C24H18N2O4S2. The molecule has 1 atom stereocenters. The summed E-state index contributed by atoms with van der Waals surface area (Å²) in [6.07, 6.45) is -0.110. The second kappa shape index (κ2) is 8.72. The van der Waals surface area contributed by atoms with Crippen LogP contribution in [-0.2, 0) is 19.1 Å². The van der Waals surface area contributed by atoms with Crippen LogP contribution in [0.25, 0.3) is 0 Å². The Balaban J connectivity index is 1.27. The van der Waals surface area contributed by atoms with Crippen LogP contribution >= 0.6 is 23.5 Å². The van der Waals surface area contributed by atoms with Gasteiger partial charge in [0.15, 0.2) is 6.61 Å². The Hall–Kier alpha value is -3.23. The predicted molar refractivity (Wildman–Crippen MR) is 124 cm³/mol. The van der Waals surface area contributed by atoms with E-state index in [0.29, 0.717) is 0 Å². The third-order valence-electron chi connectivity index (χ3n) is 5.10. The van der Waals surface area contributed by atoms with E-state index in [4.69, 9.17) is 4.74 Å². The van der Waals surface area contributed by atoms with Crippen LogP contribution in [0.2, 0.25) is 0 Å². The third kappa shape index (κ3) is 3.99. The van der Waals surface area contributed by atoms with Crippen LogP contribution in [0.3, 0.4) is 0 Å². The first-order valence-corrected chi connectivity index (χ1v) is 11.7. The molecule has 1 N–H and O–H groups in total. The summed E-state index contributed by atoms with van der Waals surface area (Å²) in [4.78, 5) is 42.3. The van der Waals surface area contributed by atoms with Crippen molar-refractivity contribution in [2.45, 2.75) is 26.4 Å². The molecule has 2 heterocycles. The molecule has 2 aliphatic rings. The number of fused-ring (bicyclic) bond motifs is 3. The van der Waals surface area contributed by atoms with Crippen LogP contribution in [0.5, 0.6) is 0 Å². The van der Waals surface area contributed by atoms with Gasteiger partial charge in [0, 0.05) is 14.7 Å². The Bertz CT molecular complexity index is 1180. The summed E-state index contributed by atoms with van der Waals surface area (Å²) in [5.74, 6) is -1.17. The first kappa shape index (κ1) is 20.7. The number of ether oxygens (including phenoxy) is 1. The van der Waals surface area contributed by atoms with Gasteiger partial charge in [-0.1, -0.05) is 48.2 Å². The van der Waals surface area contributed by atoms with E-state index in [1.54, 1.807) is 16.7 Å². The molecule has 3 aromatic carbocycles. The Morgan fingerprint density at radius 3 is 2.16 bits per heavy atom. The highest BCUT2D eigenvalue weighted by molar-refractivity contribution is 8.01. The number of thioether (sulfide) groups is 1. The SMILES string of the molecule is O=C(C[C@H]1Sc2ccccc2NC1=O)OCC(=O)N1c2ccccc2Sc2ccccc21. The smallest absolute Gasteiger partial charge is 0.307 e. The number of hydrogen-bond donors (Lipinski definition) is 1. The van der Waals surface area contributed by atoms with Gasteiger partial charge >= 0.3 is 5.97 Å². The number of nitrogens with one attached hydrogen (secondary N) is 1. The fraction of sp³-hybridized carbons (Fsp3) is 0.125. The first-order valence-electron chi connectivity index (χ1n) is 10.0. The van der Waals surface area contributed by atoms with E-state index in [-0.39, 0.29) is 18.2 Å². The minimum absolute atomic E-state index is 0.110. The molecule has 2 amide bonds. The van der Waals surface area contributed by atoms with Crippen molar-refractivity contribution in [1.29, 1.82) is 0 Å². The summed E-state index contributed by atoms with van der Waals surface area (Å²) < 4.78 is 5.30. The van der Waals surface area contributed by atoms with Gasteiger partial charge in [-0.15, -0.1) is 11.8 Å². The Labute approximate surface area is 193 Å². The third-order valence-corrected chi connectivity index (χ3v) is 7.50. The van der Waals surface area contributed by atoms with Crippen molar-refractivity contribution >= 4 is 58.4 Å². The van der Waals surface area contributed by atoms with Gasteiger partial charge in [0.05, 0.1) is 28.7 Å². The molecule has 0 unspecified atom stereocenters. The van der Waals surface area contributed by atoms with Gasteiger partial charge < -0.3 is 10.1 Å². The standard InChI is InChI=1S/C24H18N2O4S2/c27-22(26-16-8-2-5-11-19(16)32-20-12-6-3-9-17(20)26)14-30-23(28)13-21-24(29)25-15-7-1-4-10-18(15)31-21/h1-12,21H,13-14H2,(H,25,29)/t21-/m1/s1. The number of esters is 1. The number of para-hydroxylation sites is 3. The van der Waals surface area contributed by atoms with Crippen LogP contribution in [0.15, 0.2) is 87.5 Å². The number of anilines is 3. The van der Waals surface area contributed by atoms with Crippen LogP contribution in [0.1, 0.15) is 6.42 Å². The van der Waals surface area contributed by atoms with Gasteiger partial charge in [-0.25, -0.2) is 0 Å². The van der Waals surface area contributed by atoms with Crippen molar-refractivity contribution in [1.82, 2.24) is 0 Å². The molecule has 0 bridgehead atoms. The largest absolute Gasteiger partial charge is 0.455 e. The number of carbonyl (C=O) groups is 3. The van der Waals surface area contributed by atoms with Crippen molar-refractivity contribution < 1.29 is 19.1 Å². The highest BCUT2D eigenvalue weighted by atomic mass is 32.2. The summed E-state index contributed by atoms with van der Waals surface area (Å²) in [5, 5.41) is 2.21. The maximum Gasteiger partial charge on any atom is 0.307 e. The number of carbonyl (C=O) groups excluding carboxylic acids is 3. The highest BCUT2D eigenvalue weighted by Gasteiger charge is 2.31. The van der Waals surface area contributed by atoms with Crippen molar-refractivity contribution in [3.05, 3.63) is 72.8 Å². The van der Waals surface area contributed by atoms with E-state index in [2.05, 4.69) is 5.32 Å². The second-order valence-electron chi connectivity index (χ2n) is 7.22. The maximum atomic E-state index is 13.1. The van der Waals surface area contributed by atoms with Crippen molar-refractivity contribution in [2.24, 2.45) is 0 Å². The number of nitrogens with zero attached hydrogens (tertiary/aromatic N) is 1. The zero-order valence-electron chi connectivity index (χ0n) is 16.8. The average Bonchev–Trinajstić information content (AvgIpc) is 2.81. The average molecular weight is 463 g/mol. The van der Waals surface area contributed by atoms with Gasteiger partial charge in [0.1, 0.15) is 0 Å². The van der Waals surface area contributed by atoms with Gasteiger partial charge in [-0.3, -0.25) is 19.3 Å². The minimum atomic E-state index is -0.597. The lowest BCUT2D eigenvalue weighted by molar-refractivity contribution is -0.148. The minimum Gasteiger partial charge on any atom is -0.455 e. The van der Waals surface area contributed by atoms with Crippen LogP contribution in [0.4, 0.5) is 17.1 Å². The molecule has 5 rings (SSSR count). The molecule has 160 valence electrons. The predicted octanol–water partition coefficient (Wildman–Crippen LogP) is 4.86. The number of hydrogen-bond acceptors (Lipinski definition) is 6. The first-order chi connectivity index (χ1) is 15.6. The zero-order valence-corrected chi connectivity index (χ0v) is 18.4. The fourth-order valence-electron chi connectivity index (χ4n) is 3.62. The van der Waals surface area contributed by atoms with Crippen molar-refractivity contribution in [3.8, 4) is 0 Å². The van der Waals surface area contributed by atoms with E-state index >= 15 is 0 Å². The second-order valence-corrected chi connectivity index (χ2v) is 9.55. The summed E-state index contributed by atoms with van der Waals surface area (Å²) >= 11 is 2.92. The van der Waals surface area contributed by atoms with E-state index < -0.39 is 17.8 Å². The molecule has 32 heavy (non-hydrogen) atoms. The summed E-state index contributed by atoms with van der Waals surface area (Å²) in [5.41, 5.74) is 2.26. The number of amides is 2. The maximum absolute atomic E-state index is 13.1. The van der Waals surface area contributed by atoms with Crippen molar-refractivity contribution in [2.75, 3.05) is 16.8 Å². The van der Waals surface area contributed by atoms with E-state index in [1.165, 1.54) is 11.8 Å². The Morgan fingerprint density at radius 1 is 0.875 bits per heavy atom. The number of benzene rings is 3. The Kier molecular flexibility index (Phi) is 5.63. The van der Waals surface area contributed by atoms with Crippen LogP contribution < -0.4 is 10.2 Å². The molecule has 0 spiro atoms. The quantitative estimate of drug-likeness (QED) is 0.558. The van der Waals surface area contributed by atoms with Gasteiger partial charge in [-0.2, -0.15) is 0 Å². The van der Waals surface area contributed by atoms with Crippen LogP contribution in [-0.4, -0.2) is 29.6 Å². The molecule has 2 aliphatic heterocycles. The molecule has 0 aliphatic carbocycles. The normalized spacial score (nSPS) is 16.3. The molecule has 0 aromatic heterocycles. The lowest BCUT2D eigenvalue weighted by Gasteiger charge is -2.30. The zero-order chi connectivity index (χ0) is 22.1. The molecule has 0 saturated carbocycles. The molecular weight excluding hydrogens is 444 g/mol. The topological polar surface area (TPSA) is 75.7 Å². The monoisotopic (exact) mass is 462 g/mol. The molecule has 0 saturated heterocycles. The van der Waals surface area contributed by atoms with E-state index in [1.807, 2.05) is 72.8 Å². The van der Waals surface area contributed by atoms with Gasteiger partial charge in [0.2, 0.25) is 5.91 Å². The van der Waals surface area contributed by atoms with Gasteiger partial charge in [-0.05, 0) is 36.4 Å². The number of rotatable bonds is 4. The van der Waals surface area contributed by atoms with Crippen LogP contribution in [0, 0.1) is 0 Å². The molecule has 0 fully saturated rings. The molecule has 6 nitrogen and oxygen atoms in total. The van der Waals surface area contributed by atoms with E-state index in [0.717, 1.165) is 31.7 Å². The lowest BCUT2D eigenvalue weighted by atomic mass is 10.2.